The first kappa shape index (κ1) is 18.7. The summed E-state index contributed by atoms with van der Waals surface area (Å²) in [7, 11) is 0. The zero-order valence-corrected chi connectivity index (χ0v) is 15.9. The van der Waals surface area contributed by atoms with E-state index >= 15 is 0 Å². The third-order valence-corrected chi connectivity index (χ3v) is 5.10. The summed E-state index contributed by atoms with van der Waals surface area (Å²) in [5.41, 5.74) is 3.62. The molecule has 0 bridgehead atoms. The number of hydrogen-bond acceptors (Lipinski definition) is 3. The van der Waals surface area contributed by atoms with Gasteiger partial charge in [0.1, 0.15) is 6.07 Å². The number of aliphatic imine (C=N–C) groups is 1. The van der Waals surface area contributed by atoms with E-state index in [-0.39, 0.29) is 30.7 Å². The molecule has 2 heterocycles. The first-order valence-electron chi connectivity index (χ1n) is 9.26. The SMILES string of the molecule is CCCC1N=CC=C1c1c(C#N)c(C(C)(C)C)nc2c1CC(F)(F)CC2. The van der Waals surface area contributed by atoms with Gasteiger partial charge in [0.25, 0.3) is 5.92 Å². The summed E-state index contributed by atoms with van der Waals surface area (Å²) in [5, 5.41) is 9.93. The van der Waals surface area contributed by atoms with Gasteiger partial charge in [-0.25, -0.2) is 8.78 Å². The maximum Gasteiger partial charge on any atom is 0.252 e. The highest BCUT2D eigenvalue weighted by atomic mass is 19.3. The molecule has 138 valence electrons. The predicted molar refractivity (Wildman–Crippen MR) is 99.8 cm³/mol. The fraction of sp³-hybridized carbons (Fsp3) is 0.571. The van der Waals surface area contributed by atoms with Crippen LogP contribution in [0.15, 0.2) is 11.1 Å². The minimum atomic E-state index is -2.75. The molecule has 0 fully saturated rings. The van der Waals surface area contributed by atoms with Crippen LogP contribution in [0.3, 0.4) is 0 Å². The molecule has 3 rings (SSSR count). The molecule has 26 heavy (non-hydrogen) atoms. The third-order valence-electron chi connectivity index (χ3n) is 5.10. The molecule has 5 heteroatoms. The molecule has 1 aromatic rings. The van der Waals surface area contributed by atoms with E-state index in [9.17, 15) is 14.0 Å². The molecule has 2 aliphatic rings. The van der Waals surface area contributed by atoms with Crippen molar-refractivity contribution < 1.29 is 8.78 Å². The van der Waals surface area contributed by atoms with Crippen LogP contribution in [0.25, 0.3) is 5.57 Å². The van der Waals surface area contributed by atoms with Crippen molar-refractivity contribution in [3.8, 4) is 6.07 Å². The molecule has 0 radical (unpaired) electrons. The monoisotopic (exact) mass is 357 g/mol. The second-order valence-electron chi connectivity index (χ2n) is 8.25. The van der Waals surface area contributed by atoms with Crippen LogP contribution >= 0.6 is 0 Å². The molecule has 0 aromatic carbocycles. The lowest BCUT2D eigenvalue weighted by molar-refractivity contribution is -0.0129. The Morgan fingerprint density at radius 2 is 2.08 bits per heavy atom. The molecule has 1 unspecified atom stereocenters. The Morgan fingerprint density at radius 1 is 1.35 bits per heavy atom. The van der Waals surface area contributed by atoms with Crippen LogP contribution in [0.5, 0.6) is 0 Å². The van der Waals surface area contributed by atoms with E-state index in [2.05, 4.69) is 18.0 Å². The summed E-state index contributed by atoms with van der Waals surface area (Å²) in [5.74, 6) is -2.75. The van der Waals surface area contributed by atoms with Crippen LogP contribution in [0.1, 0.15) is 75.0 Å². The number of alkyl halides is 2. The van der Waals surface area contributed by atoms with Crippen LogP contribution < -0.4 is 0 Å². The van der Waals surface area contributed by atoms with Gasteiger partial charge in [0.05, 0.1) is 17.3 Å². The van der Waals surface area contributed by atoms with Crippen LogP contribution in [0.4, 0.5) is 8.78 Å². The summed E-state index contributed by atoms with van der Waals surface area (Å²) in [4.78, 5) is 9.20. The summed E-state index contributed by atoms with van der Waals surface area (Å²) < 4.78 is 28.4. The molecule has 3 nitrogen and oxygen atoms in total. The maximum atomic E-state index is 14.2. The first-order chi connectivity index (χ1) is 12.2. The second-order valence-corrected chi connectivity index (χ2v) is 8.25. The van der Waals surface area contributed by atoms with E-state index in [1.807, 2.05) is 26.8 Å². The van der Waals surface area contributed by atoms with Gasteiger partial charge < -0.3 is 0 Å². The van der Waals surface area contributed by atoms with Crippen LogP contribution in [0.2, 0.25) is 0 Å². The van der Waals surface area contributed by atoms with Gasteiger partial charge in [0.2, 0.25) is 0 Å². The Bertz CT molecular complexity index is 823. The molecule has 1 aliphatic carbocycles. The summed E-state index contributed by atoms with van der Waals surface area (Å²) in [6, 6.07) is 2.22. The Balaban J connectivity index is 2.28. The lowest BCUT2D eigenvalue weighted by Crippen LogP contribution is -2.30. The molecule has 0 saturated heterocycles. The van der Waals surface area contributed by atoms with Gasteiger partial charge in [-0.05, 0) is 30.1 Å². The average molecular weight is 357 g/mol. The van der Waals surface area contributed by atoms with Crippen molar-refractivity contribution in [1.29, 1.82) is 5.26 Å². The van der Waals surface area contributed by atoms with E-state index in [0.717, 1.165) is 24.1 Å². The van der Waals surface area contributed by atoms with Crippen molar-refractivity contribution in [1.82, 2.24) is 4.98 Å². The summed E-state index contributed by atoms with van der Waals surface area (Å²) in [6.07, 6.45) is 5.12. The molecular formula is C21H25F2N3. The van der Waals surface area contributed by atoms with E-state index in [4.69, 9.17) is 4.98 Å². The van der Waals surface area contributed by atoms with Crippen molar-refractivity contribution >= 4 is 11.8 Å². The zero-order valence-electron chi connectivity index (χ0n) is 15.9. The molecule has 0 saturated carbocycles. The van der Waals surface area contributed by atoms with Gasteiger partial charge in [-0.3, -0.25) is 9.98 Å². The third kappa shape index (κ3) is 3.30. The van der Waals surface area contributed by atoms with Gasteiger partial charge in [0.15, 0.2) is 0 Å². The summed E-state index contributed by atoms with van der Waals surface area (Å²) >= 11 is 0. The van der Waals surface area contributed by atoms with Crippen molar-refractivity contribution in [3.05, 3.63) is 34.2 Å². The Morgan fingerprint density at radius 3 is 2.69 bits per heavy atom. The van der Waals surface area contributed by atoms with Crippen molar-refractivity contribution in [2.45, 2.75) is 77.2 Å². The highest BCUT2D eigenvalue weighted by molar-refractivity contribution is 5.93. The van der Waals surface area contributed by atoms with Gasteiger partial charge in [-0.15, -0.1) is 0 Å². The minimum Gasteiger partial charge on any atom is -0.285 e. The number of pyridine rings is 1. The van der Waals surface area contributed by atoms with Crippen molar-refractivity contribution in [2.75, 3.05) is 0 Å². The lowest BCUT2D eigenvalue weighted by atomic mass is 9.78. The second kappa shape index (κ2) is 6.57. The molecule has 1 aliphatic heterocycles. The van der Waals surface area contributed by atoms with Gasteiger partial charge >= 0.3 is 0 Å². The Kier molecular flexibility index (Phi) is 4.72. The van der Waals surface area contributed by atoms with E-state index in [0.29, 0.717) is 22.4 Å². The number of hydrogen-bond donors (Lipinski definition) is 0. The molecular weight excluding hydrogens is 332 g/mol. The molecule has 0 spiro atoms. The number of rotatable bonds is 3. The van der Waals surface area contributed by atoms with Crippen LogP contribution in [0, 0.1) is 11.3 Å². The maximum absolute atomic E-state index is 14.2. The number of halogens is 2. The quantitative estimate of drug-likeness (QED) is 0.763. The standard InChI is InChI=1S/C21H25F2N3/c1-5-6-16-13(8-10-25-16)18-14-11-21(22,23)9-7-17(14)26-19(15(18)12-24)20(2,3)4/h8,10,16H,5-7,9,11H2,1-4H3. The number of allylic oxidation sites excluding steroid dienone is 1. The Labute approximate surface area is 153 Å². The van der Waals surface area contributed by atoms with E-state index < -0.39 is 5.92 Å². The minimum absolute atomic E-state index is 0.0676. The topological polar surface area (TPSA) is 49.0 Å². The smallest absolute Gasteiger partial charge is 0.252 e. The number of nitrogens with zero attached hydrogens (tertiary/aromatic N) is 3. The van der Waals surface area contributed by atoms with Gasteiger partial charge in [-0.2, -0.15) is 5.26 Å². The zero-order chi connectivity index (χ0) is 19.1. The molecule has 1 atom stereocenters. The first-order valence-corrected chi connectivity index (χ1v) is 9.26. The van der Waals surface area contributed by atoms with Gasteiger partial charge in [0, 0.05) is 35.7 Å². The molecule has 0 amide bonds. The Hall–Kier alpha value is -2.09. The fourth-order valence-corrected chi connectivity index (χ4v) is 3.86. The number of aryl methyl sites for hydroxylation is 1. The molecule has 0 N–H and O–H groups in total. The highest BCUT2D eigenvalue weighted by Gasteiger charge is 2.39. The lowest BCUT2D eigenvalue weighted by Gasteiger charge is -2.31. The van der Waals surface area contributed by atoms with E-state index in [1.54, 1.807) is 6.21 Å². The van der Waals surface area contributed by atoms with Crippen LogP contribution in [-0.2, 0) is 18.3 Å². The predicted octanol–water partition coefficient (Wildman–Crippen LogP) is 5.01. The fourth-order valence-electron chi connectivity index (χ4n) is 3.86. The van der Waals surface area contributed by atoms with Crippen molar-refractivity contribution in [2.24, 2.45) is 4.99 Å². The number of nitriles is 1. The summed E-state index contributed by atoms with van der Waals surface area (Å²) in [6.45, 7) is 8.10. The normalized spacial score (nSPS) is 21.3. The number of fused-ring (bicyclic) bond motifs is 1. The largest absolute Gasteiger partial charge is 0.285 e. The van der Waals surface area contributed by atoms with Crippen molar-refractivity contribution in [3.63, 3.8) is 0 Å². The highest BCUT2D eigenvalue weighted by Crippen LogP contribution is 2.42. The van der Waals surface area contributed by atoms with E-state index in [1.165, 1.54) is 0 Å². The van der Waals surface area contributed by atoms with Gasteiger partial charge in [-0.1, -0.05) is 34.1 Å². The molecule has 1 aromatic heterocycles. The van der Waals surface area contributed by atoms with Crippen LogP contribution in [-0.4, -0.2) is 23.2 Å². The average Bonchev–Trinajstić information content (AvgIpc) is 2.99. The number of aromatic nitrogens is 1.